The number of hydrogen-bond acceptors (Lipinski definition) is 3. The van der Waals surface area contributed by atoms with Gasteiger partial charge in [0.1, 0.15) is 5.56 Å². The average molecular weight is 390 g/mol. The first kappa shape index (κ1) is 19.3. The van der Waals surface area contributed by atoms with Gasteiger partial charge in [0.25, 0.3) is 5.91 Å². The summed E-state index contributed by atoms with van der Waals surface area (Å²) in [6, 6.07) is 10.2. The smallest absolute Gasteiger partial charge is 0.261 e. The van der Waals surface area contributed by atoms with E-state index in [0.29, 0.717) is 6.42 Å². The quantitative estimate of drug-likeness (QED) is 0.516. The van der Waals surface area contributed by atoms with E-state index in [0.717, 1.165) is 18.2 Å². The second-order valence-corrected chi connectivity index (χ2v) is 5.85. The summed E-state index contributed by atoms with van der Waals surface area (Å²) in [5, 5.41) is 2.22. The van der Waals surface area contributed by atoms with E-state index >= 15 is 0 Å². The number of methoxy groups -OCH3 is 1. The largest absolute Gasteiger partial charge is 0.491 e. The van der Waals surface area contributed by atoms with Crippen LogP contribution in [-0.4, -0.2) is 18.0 Å². The SMILES string of the molecule is COc1c(F)c(F)c(C(=O)Nc2ccc(Cc3ccncc3)cc2)c(F)c1F. The summed E-state index contributed by atoms with van der Waals surface area (Å²) in [6.07, 6.45) is 3.95. The van der Waals surface area contributed by atoms with Crippen molar-refractivity contribution in [3.8, 4) is 5.75 Å². The summed E-state index contributed by atoms with van der Waals surface area (Å²) in [6.45, 7) is 0. The molecule has 0 aliphatic carbocycles. The zero-order valence-electron chi connectivity index (χ0n) is 14.6. The number of rotatable bonds is 5. The lowest BCUT2D eigenvalue weighted by Gasteiger charge is -2.11. The molecular weight excluding hydrogens is 376 g/mol. The summed E-state index contributed by atoms with van der Waals surface area (Å²) in [5.74, 6) is -9.77. The highest BCUT2D eigenvalue weighted by Crippen LogP contribution is 2.30. The predicted molar refractivity (Wildman–Crippen MR) is 94.3 cm³/mol. The number of aromatic nitrogens is 1. The van der Waals surface area contributed by atoms with E-state index in [9.17, 15) is 22.4 Å². The number of halogens is 4. The molecule has 1 N–H and O–H groups in total. The monoisotopic (exact) mass is 390 g/mol. The van der Waals surface area contributed by atoms with Crippen LogP contribution in [0.4, 0.5) is 23.2 Å². The highest BCUT2D eigenvalue weighted by molar-refractivity contribution is 6.04. The lowest BCUT2D eigenvalue weighted by molar-refractivity contribution is 0.101. The molecule has 3 rings (SSSR count). The first-order valence-electron chi connectivity index (χ1n) is 8.11. The molecule has 1 amide bonds. The van der Waals surface area contributed by atoms with E-state index in [2.05, 4.69) is 15.0 Å². The Morgan fingerprint density at radius 3 is 1.96 bits per heavy atom. The second-order valence-electron chi connectivity index (χ2n) is 5.85. The zero-order valence-corrected chi connectivity index (χ0v) is 14.6. The highest BCUT2D eigenvalue weighted by atomic mass is 19.2. The average Bonchev–Trinajstić information content (AvgIpc) is 2.69. The first-order valence-corrected chi connectivity index (χ1v) is 8.11. The van der Waals surface area contributed by atoms with Crippen LogP contribution in [0, 0.1) is 23.3 Å². The predicted octanol–water partition coefficient (Wildman–Crippen LogP) is 4.49. The molecule has 2 aromatic carbocycles. The van der Waals surface area contributed by atoms with E-state index in [1.54, 1.807) is 24.5 Å². The maximum absolute atomic E-state index is 14.0. The number of carbonyl (C=O) groups excluding carboxylic acids is 1. The van der Waals surface area contributed by atoms with Crippen LogP contribution in [0.15, 0.2) is 48.8 Å². The molecule has 1 aromatic heterocycles. The Kier molecular flexibility index (Phi) is 5.58. The van der Waals surface area contributed by atoms with Crippen molar-refractivity contribution in [2.75, 3.05) is 12.4 Å². The fourth-order valence-electron chi connectivity index (χ4n) is 2.63. The molecule has 1 heterocycles. The number of amides is 1. The minimum Gasteiger partial charge on any atom is -0.491 e. The number of anilines is 1. The molecule has 0 saturated heterocycles. The number of nitrogens with one attached hydrogen (secondary N) is 1. The molecule has 0 radical (unpaired) electrons. The van der Waals surface area contributed by atoms with Crippen LogP contribution in [0.3, 0.4) is 0 Å². The van der Waals surface area contributed by atoms with Gasteiger partial charge < -0.3 is 10.1 Å². The van der Waals surface area contributed by atoms with Crippen molar-refractivity contribution in [1.29, 1.82) is 0 Å². The molecular formula is C20H14F4N2O2. The topological polar surface area (TPSA) is 51.2 Å². The van der Waals surface area contributed by atoms with Gasteiger partial charge in [0, 0.05) is 18.1 Å². The summed E-state index contributed by atoms with van der Waals surface area (Å²) >= 11 is 0. The molecule has 144 valence electrons. The van der Waals surface area contributed by atoms with Crippen molar-refractivity contribution in [3.05, 3.63) is 88.8 Å². The number of pyridine rings is 1. The van der Waals surface area contributed by atoms with Crippen LogP contribution in [0.1, 0.15) is 21.5 Å². The third kappa shape index (κ3) is 3.80. The minimum atomic E-state index is -1.83. The van der Waals surface area contributed by atoms with Gasteiger partial charge in [-0.1, -0.05) is 12.1 Å². The molecule has 0 spiro atoms. The number of ether oxygens (including phenoxy) is 1. The van der Waals surface area contributed by atoms with Gasteiger partial charge in [-0.05, 0) is 41.8 Å². The van der Waals surface area contributed by atoms with Crippen molar-refractivity contribution >= 4 is 11.6 Å². The van der Waals surface area contributed by atoms with Crippen LogP contribution < -0.4 is 10.1 Å². The molecule has 0 unspecified atom stereocenters. The summed E-state index contributed by atoms with van der Waals surface area (Å²) in [5.41, 5.74) is 0.791. The molecule has 4 nitrogen and oxygen atoms in total. The van der Waals surface area contributed by atoms with Crippen LogP contribution in [-0.2, 0) is 6.42 Å². The summed E-state index contributed by atoms with van der Waals surface area (Å²) in [4.78, 5) is 16.1. The third-order valence-electron chi connectivity index (χ3n) is 4.02. The Morgan fingerprint density at radius 1 is 0.893 bits per heavy atom. The van der Waals surface area contributed by atoms with Crippen LogP contribution in [0.25, 0.3) is 0 Å². The van der Waals surface area contributed by atoms with Crippen LogP contribution in [0.5, 0.6) is 5.75 Å². The second kappa shape index (κ2) is 8.08. The Labute approximate surface area is 157 Å². The van der Waals surface area contributed by atoms with Crippen molar-refractivity contribution < 1.29 is 27.1 Å². The molecule has 0 saturated carbocycles. The number of benzene rings is 2. The molecule has 0 fully saturated rings. The van der Waals surface area contributed by atoms with Gasteiger partial charge in [0.15, 0.2) is 17.4 Å². The lowest BCUT2D eigenvalue weighted by atomic mass is 10.1. The Bertz CT molecular complexity index is 980. The highest BCUT2D eigenvalue weighted by Gasteiger charge is 2.30. The van der Waals surface area contributed by atoms with Crippen molar-refractivity contribution in [2.45, 2.75) is 6.42 Å². The van der Waals surface area contributed by atoms with Crippen molar-refractivity contribution in [1.82, 2.24) is 4.98 Å². The third-order valence-corrected chi connectivity index (χ3v) is 4.02. The molecule has 0 aliphatic heterocycles. The number of nitrogens with zero attached hydrogens (tertiary/aromatic N) is 1. The van der Waals surface area contributed by atoms with E-state index in [1.807, 2.05) is 12.1 Å². The van der Waals surface area contributed by atoms with Gasteiger partial charge in [-0.2, -0.15) is 8.78 Å². The molecule has 28 heavy (non-hydrogen) atoms. The summed E-state index contributed by atoms with van der Waals surface area (Å²) < 4.78 is 59.9. The van der Waals surface area contributed by atoms with Gasteiger partial charge in [0.05, 0.1) is 7.11 Å². The van der Waals surface area contributed by atoms with Gasteiger partial charge in [-0.15, -0.1) is 0 Å². The zero-order chi connectivity index (χ0) is 20.3. The van der Waals surface area contributed by atoms with Crippen molar-refractivity contribution in [2.24, 2.45) is 0 Å². The standard InChI is InChI=1S/C20H14F4N2O2/c1-28-19-17(23)15(21)14(16(22)18(19)24)20(27)26-13-4-2-11(3-5-13)10-12-6-8-25-9-7-12/h2-9H,10H2,1H3,(H,26,27). The number of hydrogen-bond donors (Lipinski definition) is 1. The van der Waals surface area contributed by atoms with Crippen LogP contribution in [0.2, 0.25) is 0 Å². The number of carbonyl (C=O) groups is 1. The fourth-order valence-corrected chi connectivity index (χ4v) is 2.63. The lowest BCUT2D eigenvalue weighted by Crippen LogP contribution is -2.18. The Hall–Kier alpha value is -3.42. The molecule has 0 aliphatic rings. The fraction of sp³-hybridized carbons (Fsp3) is 0.100. The first-order chi connectivity index (χ1) is 13.4. The van der Waals surface area contributed by atoms with Crippen molar-refractivity contribution in [3.63, 3.8) is 0 Å². The molecule has 3 aromatic rings. The Morgan fingerprint density at radius 2 is 1.43 bits per heavy atom. The molecule has 8 heteroatoms. The van der Waals surface area contributed by atoms with Gasteiger partial charge in [0.2, 0.25) is 11.6 Å². The maximum atomic E-state index is 14.0. The molecule has 0 atom stereocenters. The van der Waals surface area contributed by atoms with Gasteiger partial charge in [-0.25, -0.2) is 8.78 Å². The maximum Gasteiger partial charge on any atom is 0.261 e. The van der Waals surface area contributed by atoms with E-state index in [4.69, 9.17) is 0 Å². The normalized spacial score (nSPS) is 10.6. The minimum absolute atomic E-state index is 0.207. The van der Waals surface area contributed by atoms with Crippen LogP contribution >= 0.6 is 0 Å². The van der Waals surface area contributed by atoms with Gasteiger partial charge in [-0.3, -0.25) is 9.78 Å². The molecule has 0 bridgehead atoms. The van der Waals surface area contributed by atoms with E-state index < -0.39 is 40.5 Å². The summed E-state index contributed by atoms with van der Waals surface area (Å²) in [7, 11) is 0.855. The van der Waals surface area contributed by atoms with Gasteiger partial charge >= 0.3 is 0 Å². The Balaban J connectivity index is 1.80. The van der Waals surface area contributed by atoms with E-state index in [-0.39, 0.29) is 5.69 Å². The van der Waals surface area contributed by atoms with E-state index in [1.165, 1.54) is 12.1 Å².